The first-order chi connectivity index (χ1) is 21.5. The molecule has 0 radical (unpaired) electrons. The van der Waals surface area contributed by atoms with E-state index in [0.717, 1.165) is 55.8 Å². The van der Waals surface area contributed by atoms with Gasteiger partial charge in [-0.1, -0.05) is 30.3 Å². The highest BCUT2D eigenvalue weighted by atomic mass is 19.1. The summed E-state index contributed by atoms with van der Waals surface area (Å²) in [5, 5.41) is 0.606. The molecule has 6 rings (SSSR count). The first-order valence-electron chi connectivity index (χ1n) is 14.5. The lowest BCUT2D eigenvalue weighted by atomic mass is 10.1. The first kappa shape index (κ1) is 29.3. The lowest BCUT2D eigenvalue weighted by molar-refractivity contribution is -0.116. The van der Waals surface area contributed by atoms with Gasteiger partial charge in [0, 0.05) is 49.9 Å². The molecule has 0 aliphatic carbocycles. The lowest BCUT2D eigenvalue weighted by Gasteiger charge is -2.26. The molecule has 2 fully saturated rings. The number of benzene rings is 3. The van der Waals surface area contributed by atoms with Gasteiger partial charge in [-0.2, -0.15) is 0 Å². The largest absolute Gasteiger partial charge is 0.493 e. The minimum Gasteiger partial charge on any atom is -0.493 e. The minimum absolute atomic E-state index is 0.0658. The fraction of sp³-hybridized carbons (Fsp3) is 0.303. The monoisotopic (exact) mass is 600 g/mol. The van der Waals surface area contributed by atoms with Crippen LogP contribution in [-0.2, 0) is 16.1 Å². The number of ether oxygens (including phenoxy) is 4. The average molecular weight is 601 g/mol. The predicted molar refractivity (Wildman–Crippen MR) is 162 cm³/mol. The fourth-order valence-electron chi connectivity index (χ4n) is 5.35. The van der Waals surface area contributed by atoms with Crippen LogP contribution in [-0.4, -0.2) is 79.8 Å². The van der Waals surface area contributed by atoms with Gasteiger partial charge in [0.25, 0.3) is 5.91 Å². The molecule has 2 aliphatic heterocycles. The Kier molecular flexibility index (Phi) is 8.85. The highest BCUT2D eigenvalue weighted by Gasteiger charge is 2.37. The summed E-state index contributed by atoms with van der Waals surface area (Å²) in [5.74, 6) is 0.212. The average Bonchev–Trinajstić information content (AvgIpc) is 3.32. The molecular formula is C33H33FN4O6. The summed E-state index contributed by atoms with van der Waals surface area (Å²) in [6.45, 7) is 5.01. The zero-order valence-electron chi connectivity index (χ0n) is 24.4. The number of anilines is 1. The summed E-state index contributed by atoms with van der Waals surface area (Å²) in [6, 6.07) is 18.1. The van der Waals surface area contributed by atoms with E-state index in [2.05, 4.69) is 9.88 Å². The van der Waals surface area contributed by atoms with Gasteiger partial charge in [-0.3, -0.25) is 14.7 Å². The van der Waals surface area contributed by atoms with E-state index in [4.69, 9.17) is 18.9 Å². The molecule has 0 saturated carbocycles. The van der Waals surface area contributed by atoms with Crippen molar-refractivity contribution in [3.05, 3.63) is 84.3 Å². The van der Waals surface area contributed by atoms with Crippen LogP contribution in [0.25, 0.3) is 10.9 Å². The number of imide groups is 1. The molecule has 3 heterocycles. The maximum Gasteiger partial charge on any atom is 0.332 e. The first-order valence-corrected chi connectivity index (χ1v) is 14.5. The molecule has 3 aromatic carbocycles. The third-order valence-electron chi connectivity index (χ3n) is 7.61. The van der Waals surface area contributed by atoms with Crippen LogP contribution in [0.15, 0.2) is 72.9 Å². The second-order valence-corrected chi connectivity index (χ2v) is 10.6. The molecule has 44 heavy (non-hydrogen) atoms. The Morgan fingerprint density at radius 2 is 1.75 bits per heavy atom. The Morgan fingerprint density at radius 3 is 2.52 bits per heavy atom. The van der Waals surface area contributed by atoms with Crippen LogP contribution < -0.4 is 19.1 Å². The van der Waals surface area contributed by atoms with E-state index < -0.39 is 17.8 Å². The molecule has 3 amide bonds. The van der Waals surface area contributed by atoms with Crippen LogP contribution >= 0.6 is 0 Å². The summed E-state index contributed by atoms with van der Waals surface area (Å²) in [4.78, 5) is 35.0. The Bertz CT molecular complexity index is 1650. The molecular weight excluding hydrogens is 567 g/mol. The highest BCUT2D eigenvalue weighted by Crippen LogP contribution is 2.38. The number of hydrogen-bond donors (Lipinski definition) is 0. The summed E-state index contributed by atoms with van der Waals surface area (Å²) in [6.07, 6.45) is 2.42. The smallest absolute Gasteiger partial charge is 0.332 e. The lowest BCUT2D eigenvalue weighted by Crippen LogP contribution is -2.37. The summed E-state index contributed by atoms with van der Waals surface area (Å²) < 4.78 is 38.3. The van der Waals surface area contributed by atoms with Gasteiger partial charge in [-0.15, -0.1) is 0 Å². The molecule has 2 aliphatic rings. The number of fused-ring (bicyclic) bond motifs is 1. The topological polar surface area (TPSA) is 93.7 Å². The van der Waals surface area contributed by atoms with Gasteiger partial charge >= 0.3 is 6.03 Å². The Morgan fingerprint density at radius 1 is 0.932 bits per heavy atom. The quantitative estimate of drug-likeness (QED) is 0.170. The molecule has 228 valence electrons. The van der Waals surface area contributed by atoms with E-state index in [0.29, 0.717) is 34.8 Å². The van der Waals surface area contributed by atoms with E-state index >= 15 is 4.39 Å². The number of aromatic nitrogens is 1. The van der Waals surface area contributed by atoms with Crippen molar-refractivity contribution in [2.24, 2.45) is 0 Å². The Hall–Kier alpha value is -4.74. The fourth-order valence-corrected chi connectivity index (χ4v) is 5.35. The van der Waals surface area contributed by atoms with Crippen molar-refractivity contribution in [2.45, 2.75) is 13.0 Å². The number of halogens is 1. The van der Waals surface area contributed by atoms with Crippen LogP contribution in [0.4, 0.5) is 14.9 Å². The van der Waals surface area contributed by atoms with Crippen molar-refractivity contribution in [3.63, 3.8) is 0 Å². The molecule has 0 atom stereocenters. The molecule has 0 unspecified atom stereocenters. The second kappa shape index (κ2) is 13.3. The van der Waals surface area contributed by atoms with Crippen LogP contribution in [0.3, 0.4) is 0 Å². The van der Waals surface area contributed by atoms with Crippen LogP contribution in [0.5, 0.6) is 23.0 Å². The highest BCUT2D eigenvalue weighted by molar-refractivity contribution is 6.19. The predicted octanol–water partition coefficient (Wildman–Crippen LogP) is 5.24. The van der Waals surface area contributed by atoms with E-state index in [1.165, 1.54) is 17.0 Å². The van der Waals surface area contributed by atoms with Gasteiger partial charge in [-0.25, -0.2) is 14.1 Å². The number of urea groups is 1. The number of carbonyl (C=O) groups excluding carboxylic acids is 2. The van der Waals surface area contributed by atoms with Gasteiger partial charge in [0.2, 0.25) is 0 Å². The van der Waals surface area contributed by atoms with Gasteiger partial charge < -0.3 is 23.8 Å². The Balaban J connectivity index is 1.15. The number of hydrogen-bond acceptors (Lipinski definition) is 8. The zero-order valence-corrected chi connectivity index (χ0v) is 24.4. The summed E-state index contributed by atoms with van der Waals surface area (Å²) >= 11 is 0. The van der Waals surface area contributed by atoms with Crippen molar-refractivity contribution in [1.82, 2.24) is 14.8 Å². The third-order valence-corrected chi connectivity index (χ3v) is 7.61. The van der Waals surface area contributed by atoms with Gasteiger partial charge in [-0.05, 0) is 36.2 Å². The normalized spacial score (nSPS) is 15.7. The second-order valence-electron chi connectivity index (χ2n) is 10.6. The number of rotatable bonds is 11. The zero-order chi connectivity index (χ0) is 30.5. The maximum atomic E-state index is 15.3. The van der Waals surface area contributed by atoms with Crippen molar-refractivity contribution in [3.8, 4) is 23.0 Å². The summed E-state index contributed by atoms with van der Waals surface area (Å²) in [5.41, 5.74) is 1.63. The third kappa shape index (κ3) is 6.43. The van der Waals surface area contributed by atoms with E-state index in [1.54, 1.807) is 31.5 Å². The van der Waals surface area contributed by atoms with Crippen molar-refractivity contribution >= 4 is 28.5 Å². The molecule has 0 bridgehead atoms. The number of amides is 3. The van der Waals surface area contributed by atoms with Gasteiger partial charge in [0.15, 0.2) is 23.1 Å². The Labute approximate surface area is 254 Å². The molecule has 2 saturated heterocycles. The molecule has 0 spiro atoms. The van der Waals surface area contributed by atoms with E-state index in [9.17, 15) is 9.59 Å². The van der Waals surface area contributed by atoms with Crippen molar-refractivity contribution < 1.29 is 32.9 Å². The molecule has 1 aromatic heterocycles. The molecule has 0 N–H and O–H groups in total. The number of methoxy groups -OCH3 is 1. The van der Waals surface area contributed by atoms with Crippen LogP contribution in [0.1, 0.15) is 12.0 Å². The standard InChI is InChI=1S/C33H33FN4O6/c1-41-30-19-25-27(20-31(30)43-15-5-12-36-13-16-42-17-14-36)35-11-10-28(25)44-29-9-8-24(18-26(29)34)38-32(39)22-37(33(38)40)21-23-6-3-2-4-7-23/h2-4,6-11,18-20H,5,12-17,21-22H2,1H3. The SMILES string of the molecule is COc1cc2c(Oc3ccc(N4C(=O)CN(Cc5ccccc5)C4=O)cc3F)ccnc2cc1OCCCN1CCOCC1. The van der Waals surface area contributed by atoms with Crippen molar-refractivity contribution in [1.29, 1.82) is 0 Å². The van der Waals surface area contributed by atoms with Crippen molar-refractivity contribution in [2.75, 3.05) is 58.0 Å². The number of carbonyl (C=O) groups is 2. The summed E-state index contributed by atoms with van der Waals surface area (Å²) in [7, 11) is 1.55. The number of morpholine rings is 1. The van der Waals surface area contributed by atoms with E-state index in [1.807, 2.05) is 30.3 Å². The molecule has 11 heteroatoms. The molecule has 10 nitrogen and oxygen atoms in total. The van der Waals surface area contributed by atoms with Gasteiger partial charge in [0.1, 0.15) is 12.3 Å². The molecule has 4 aromatic rings. The minimum atomic E-state index is -0.721. The number of nitrogens with zero attached hydrogens (tertiary/aromatic N) is 4. The van der Waals surface area contributed by atoms with E-state index in [-0.39, 0.29) is 24.5 Å². The van der Waals surface area contributed by atoms with Crippen LogP contribution in [0.2, 0.25) is 0 Å². The van der Waals surface area contributed by atoms with Crippen LogP contribution in [0, 0.1) is 5.82 Å². The number of pyridine rings is 1. The maximum absolute atomic E-state index is 15.3. The van der Waals surface area contributed by atoms with Gasteiger partial charge in [0.05, 0.1) is 38.1 Å².